The van der Waals surface area contributed by atoms with Gasteiger partial charge in [-0.2, -0.15) is 0 Å². The summed E-state index contributed by atoms with van der Waals surface area (Å²) in [5.74, 6) is -0.0806. The van der Waals surface area contributed by atoms with Gasteiger partial charge in [-0.3, -0.25) is 9.78 Å². The van der Waals surface area contributed by atoms with Crippen LogP contribution < -0.4 is 9.47 Å². The van der Waals surface area contributed by atoms with E-state index in [9.17, 15) is 9.59 Å². The van der Waals surface area contributed by atoms with Gasteiger partial charge >= 0.3 is 5.97 Å². The van der Waals surface area contributed by atoms with Crippen LogP contribution in [0.4, 0.5) is 0 Å². The Morgan fingerprint density at radius 2 is 1.66 bits per heavy atom. The van der Waals surface area contributed by atoms with Crippen molar-refractivity contribution in [3.63, 3.8) is 0 Å². The number of carboxylic acid groups (broad SMARTS) is 1. The minimum Gasteiger partial charge on any atom is -0.493 e. The number of benzene rings is 3. The predicted octanol–water partition coefficient (Wildman–Crippen LogP) is 5.91. The molecule has 3 aromatic carbocycles. The zero-order valence-corrected chi connectivity index (χ0v) is 21.6. The zero-order chi connectivity index (χ0) is 26.9. The number of amides is 1. The molecule has 0 saturated carbocycles. The Morgan fingerprint density at radius 1 is 0.921 bits per heavy atom. The number of pyridine rings is 1. The molecule has 0 atom stereocenters. The Morgan fingerprint density at radius 3 is 2.34 bits per heavy atom. The maximum absolute atomic E-state index is 13.5. The monoisotopic (exact) mass is 530 g/mol. The number of halogens is 1. The number of carbonyl (C=O) groups is 2. The average molecular weight is 531 g/mol. The number of carboxylic acids is 1. The summed E-state index contributed by atoms with van der Waals surface area (Å²) in [6.45, 7) is 1.04. The second-order valence-electron chi connectivity index (χ2n) is 8.55. The SMILES string of the molecule is COc1cc(CN(CCc2ccccn2)C(=O)c2ccccc2Cl)ccc1OCc1ccc(C(=O)O)cc1. The third-order valence-corrected chi connectivity index (χ3v) is 6.28. The molecule has 1 aromatic heterocycles. The Labute approximate surface area is 226 Å². The summed E-state index contributed by atoms with van der Waals surface area (Å²) in [7, 11) is 1.56. The summed E-state index contributed by atoms with van der Waals surface area (Å²) in [6, 6.07) is 24.8. The van der Waals surface area contributed by atoms with Crippen LogP contribution in [-0.4, -0.2) is 40.5 Å². The van der Waals surface area contributed by atoms with Crippen molar-refractivity contribution >= 4 is 23.5 Å². The average Bonchev–Trinajstić information content (AvgIpc) is 2.95. The molecule has 0 aliphatic heterocycles. The Balaban J connectivity index is 1.50. The Bertz CT molecular complexity index is 1390. The van der Waals surface area contributed by atoms with Gasteiger partial charge in [-0.15, -0.1) is 0 Å². The van der Waals surface area contributed by atoms with Crippen LogP contribution in [0.15, 0.2) is 91.1 Å². The fourth-order valence-corrected chi connectivity index (χ4v) is 4.12. The number of ether oxygens (including phenoxy) is 2. The van der Waals surface area contributed by atoms with Gasteiger partial charge < -0.3 is 19.5 Å². The maximum atomic E-state index is 13.5. The van der Waals surface area contributed by atoms with Crippen molar-refractivity contribution in [3.05, 3.63) is 124 Å². The summed E-state index contributed by atoms with van der Waals surface area (Å²) in [5.41, 5.74) is 3.24. The summed E-state index contributed by atoms with van der Waals surface area (Å²) in [6.07, 6.45) is 2.33. The van der Waals surface area contributed by atoms with Crippen LogP contribution in [0.1, 0.15) is 37.5 Å². The minimum atomic E-state index is -0.975. The normalized spacial score (nSPS) is 10.6. The van der Waals surface area contributed by atoms with Crippen molar-refractivity contribution in [3.8, 4) is 11.5 Å². The number of carbonyl (C=O) groups excluding carboxylic acids is 1. The molecular formula is C30H27ClN2O5. The van der Waals surface area contributed by atoms with E-state index in [2.05, 4.69) is 4.98 Å². The van der Waals surface area contributed by atoms with E-state index in [1.807, 2.05) is 30.3 Å². The van der Waals surface area contributed by atoms with Crippen LogP contribution in [0.3, 0.4) is 0 Å². The highest BCUT2D eigenvalue weighted by molar-refractivity contribution is 6.33. The first-order valence-corrected chi connectivity index (χ1v) is 12.4. The van der Waals surface area contributed by atoms with E-state index in [0.717, 1.165) is 16.8 Å². The molecule has 0 radical (unpaired) electrons. The summed E-state index contributed by atoms with van der Waals surface area (Å²) in [4.78, 5) is 30.6. The van der Waals surface area contributed by atoms with Gasteiger partial charge in [0.2, 0.25) is 0 Å². The number of aromatic nitrogens is 1. The number of nitrogens with zero attached hydrogens (tertiary/aromatic N) is 2. The maximum Gasteiger partial charge on any atom is 0.335 e. The lowest BCUT2D eigenvalue weighted by Gasteiger charge is -2.24. The van der Waals surface area contributed by atoms with Gasteiger partial charge in [0.25, 0.3) is 5.91 Å². The number of hydrogen-bond acceptors (Lipinski definition) is 5. The third kappa shape index (κ3) is 6.89. The van der Waals surface area contributed by atoms with E-state index in [-0.39, 0.29) is 18.1 Å². The molecule has 38 heavy (non-hydrogen) atoms. The van der Waals surface area contributed by atoms with Crippen LogP contribution in [0, 0.1) is 0 Å². The summed E-state index contributed by atoms with van der Waals surface area (Å²) in [5, 5.41) is 9.46. The molecule has 1 heterocycles. The Hall–Kier alpha value is -4.36. The van der Waals surface area contributed by atoms with Crippen LogP contribution >= 0.6 is 11.6 Å². The second-order valence-corrected chi connectivity index (χ2v) is 8.96. The van der Waals surface area contributed by atoms with Crippen molar-refractivity contribution in [2.75, 3.05) is 13.7 Å². The van der Waals surface area contributed by atoms with E-state index in [4.69, 9.17) is 26.2 Å². The van der Waals surface area contributed by atoms with E-state index in [1.54, 1.807) is 60.7 Å². The lowest BCUT2D eigenvalue weighted by atomic mass is 10.1. The molecule has 0 saturated heterocycles. The van der Waals surface area contributed by atoms with Crippen LogP contribution in [0.5, 0.6) is 11.5 Å². The number of hydrogen-bond donors (Lipinski definition) is 1. The summed E-state index contributed by atoms with van der Waals surface area (Å²) < 4.78 is 11.5. The van der Waals surface area contributed by atoms with Crippen molar-refractivity contribution in [1.82, 2.24) is 9.88 Å². The highest BCUT2D eigenvalue weighted by atomic mass is 35.5. The van der Waals surface area contributed by atoms with Crippen molar-refractivity contribution in [2.45, 2.75) is 19.6 Å². The highest BCUT2D eigenvalue weighted by Crippen LogP contribution is 2.30. The van der Waals surface area contributed by atoms with E-state index >= 15 is 0 Å². The van der Waals surface area contributed by atoms with Gasteiger partial charge in [0, 0.05) is 31.4 Å². The zero-order valence-electron chi connectivity index (χ0n) is 20.8. The molecule has 4 aromatic rings. The van der Waals surface area contributed by atoms with Gasteiger partial charge in [-0.05, 0) is 59.7 Å². The molecule has 4 rings (SSSR count). The molecule has 0 aliphatic rings. The quantitative estimate of drug-likeness (QED) is 0.259. The lowest BCUT2D eigenvalue weighted by molar-refractivity contribution is 0.0695. The molecule has 0 aliphatic carbocycles. The van der Waals surface area contributed by atoms with Gasteiger partial charge in [0.15, 0.2) is 11.5 Å². The van der Waals surface area contributed by atoms with Crippen molar-refractivity contribution in [2.24, 2.45) is 0 Å². The van der Waals surface area contributed by atoms with Crippen LogP contribution in [-0.2, 0) is 19.6 Å². The second kappa shape index (κ2) is 12.7. The predicted molar refractivity (Wildman–Crippen MR) is 145 cm³/mol. The fraction of sp³-hybridized carbons (Fsp3) is 0.167. The molecule has 1 amide bonds. The molecule has 194 valence electrons. The van der Waals surface area contributed by atoms with E-state index < -0.39 is 5.97 Å². The molecule has 0 fully saturated rings. The van der Waals surface area contributed by atoms with Gasteiger partial charge in [-0.1, -0.05) is 48.0 Å². The van der Waals surface area contributed by atoms with Crippen molar-refractivity contribution in [1.29, 1.82) is 0 Å². The molecule has 0 bridgehead atoms. The smallest absolute Gasteiger partial charge is 0.335 e. The fourth-order valence-electron chi connectivity index (χ4n) is 3.91. The topological polar surface area (TPSA) is 89.0 Å². The molecule has 8 heteroatoms. The van der Waals surface area contributed by atoms with Gasteiger partial charge in [0.05, 0.1) is 23.3 Å². The molecule has 0 unspecified atom stereocenters. The number of rotatable bonds is 11. The van der Waals surface area contributed by atoms with Crippen molar-refractivity contribution < 1.29 is 24.2 Å². The highest BCUT2D eigenvalue weighted by Gasteiger charge is 2.20. The first-order valence-electron chi connectivity index (χ1n) is 12.0. The largest absolute Gasteiger partial charge is 0.493 e. The molecule has 1 N–H and O–H groups in total. The van der Waals surface area contributed by atoms with Gasteiger partial charge in [0.1, 0.15) is 6.61 Å². The minimum absolute atomic E-state index is 0.171. The number of aromatic carboxylic acids is 1. The first-order chi connectivity index (χ1) is 18.4. The molecular weight excluding hydrogens is 504 g/mol. The third-order valence-electron chi connectivity index (χ3n) is 5.95. The number of methoxy groups -OCH3 is 1. The van der Waals surface area contributed by atoms with Crippen LogP contribution in [0.2, 0.25) is 5.02 Å². The first kappa shape index (κ1) is 26.7. The molecule has 0 spiro atoms. The van der Waals surface area contributed by atoms with Crippen LogP contribution in [0.25, 0.3) is 0 Å². The molecule has 7 nitrogen and oxygen atoms in total. The van der Waals surface area contributed by atoms with E-state index in [0.29, 0.717) is 41.6 Å². The summed E-state index contributed by atoms with van der Waals surface area (Å²) >= 11 is 6.34. The van der Waals surface area contributed by atoms with E-state index in [1.165, 1.54) is 12.1 Å². The lowest BCUT2D eigenvalue weighted by Crippen LogP contribution is -2.32. The standard InChI is InChI=1S/C30H27ClN2O5/c1-37-28-18-22(11-14-27(28)38-20-21-9-12-23(13-10-21)30(35)36)19-33(17-15-24-6-4-5-16-32-24)29(34)25-7-2-3-8-26(25)31/h2-14,16,18H,15,17,19-20H2,1H3,(H,35,36). The Kier molecular flexibility index (Phi) is 8.95. The van der Waals surface area contributed by atoms with Gasteiger partial charge in [-0.25, -0.2) is 4.79 Å².